The van der Waals surface area contributed by atoms with Crippen LogP contribution in [0.2, 0.25) is 0 Å². The van der Waals surface area contributed by atoms with Crippen LogP contribution in [0.5, 0.6) is 5.75 Å². The van der Waals surface area contributed by atoms with Crippen molar-refractivity contribution < 1.29 is 9.13 Å². The highest BCUT2D eigenvalue weighted by Gasteiger charge is 2.11. The molecule has 3 rings (SSSR count). The molecule has 0 aliphatic heterocycles. The molecule has 21 heavy (non-hydrogen) atoms. The summed E-state index contributed by atoms with van der Waals surface area (Å²) in [6, 6.07) is 5.02. The smallest absolute Gasteiger partial charge is 0.178 e. The normalized spacial score (nSPS) is 11.0. The van der Waals surface area contributed by atoms with Gasteiger partial charge in [0.05, 0.1) is 24.7 Å². The summed E-state index contributed by atoms with van der Waals surface area (Å²) in [5.74, 6) is -0.204. The first-order valence-electron chi connectivity index (χ1n) is 6.45. The van der Waals surface area contributed by atoms with Gasteiger partial charge in [-0.3, -0.25) is 4.98 Å². The summed E-state index contributed by atoms with van der Waals surface area (Å²) in [5, 5.41) is 0. The lowest BCUT2D eigenvalue weighted by Gasteiger charge is -2.08. The van der Waals surface area contributed by atoms with Crippen LogP contribution in [0, 0.1) is 17.5 Å². The molecule has 0 amide bonds. The number of fused-ring (bicyclic) bond motifs is 1. The molecule has 0 atom stereocenters. The largest absolute Gasteiger partial charge is 0.494 e. The Balaban J connectivity index is 2.16. The van der Waals surface area contributed by atoms with Crippen LogP contribution < -0.4 is 4.74 Å². The maximum Gasteiger partial charge on any atom is 0.178 e. The highest BCUT2D eigenvalue weighted by Crippen LogP contribution is 2.25. The van der Waals surface area contributed by atoms with Crippen molar-refractivity contribution in [3.05, 3.63) is 52.3 Å². The van der Waals surface area contributed by atoms with E-state index in [0.29, 0.717) is 16.8 Å². The number of ether oxygens (including phenoxy) is 1. The quantitative estimate of drug-likeness (QED) is 0.752. The molecular weight excluding hydrogens is 289 g/mol. The standard InChI is InChI=1S/C15H14FN3OS/c1-9-7-17-4-3-10(9)8-19-13-6-14(20-2)11(16)5-12(13)18-15(19)21/h3-7H,8H2,1-2H3,(H,18,21). The van der Waals surface area contributed by atoms with E-state index >= 15 is 0 Å². The van der Waals surface area contributed by atoms with Crippen molar-refractivity contribution in [3.8, 4) is 5.75 Å². The molecule has 0 saturated carbocycles. The average Bonchev–Trinajstić information content (AvgIpc) is 2.75. The van der Waals surface area contributed by atoms with Gasteiger partial charge < -0.3 is 14.3 Å². The van der Waals surface area contributed by atoms with Gasteiger partial charge in [-0.25, -0.2) is 4.39 Å². The summed E-state index contributed by atoms with van der Waals surface area (Å²) in [6.45, 7) is 2.60. The number of methoxy groups -OCH3 is 1. The number of halogens is 1. The zero-order chi connectivity index (χ0) is 15.0. The number of benzene rings is 1. The van der Waals surface area contributed by atoms with Crippen LogP contribution in [0.3, 0.4) is 0 Å². The van der Waals surface area contributed by atoms with E-state index in [1.54, 1.807) is 12.3 Å². The summed E-state index contributed by atoms with van der Waals surface area (Å²) in [4.78, 5) is 7.11. The van der Waals surface area contributed by atoms with E-state index in [1.807, 2.05) is 23.8 Å². The molecule has 3 aromatic rings. The topological polar surface area (TPSA) is 42.8 Å². The van der Waals surface area contributed by atoms with Crippen LogP contribution in [0.15, 0.2) is 30.6 Å². The zero-order valence-electron chi connectivity index (χ0n) is 11.7. The highest BCUT2D eigenvalue weighted by atomic mass is 32.1. The number of hydrogen-bond acceptors (Lipinski definition) is 3. The number of H-pyrrole nitrogens is 1. The Bertz CT molecular complexity index is 869. The zero-order valence-corrected chi connectivity index (χ0v) is 12.5. The second-order valence-electron chi connectivity index (χ2n) is 4.82. The van der Waals surface area contributed by atoms with Crippen LogP contribution >= 0.6 is 12.2 Å². The molecule has 0 fully saturated rings. The van der Waals surface area contributed by atoms with Crippen LogP contribution in [0.1, 0.15) is 11.1 Å². The Kier molecular flexibility index (Phi) is 3.47. The van der Waals surface area contributed by atoms with Gasteiger partial charge in [0.1, 0.15) is 0 Å². The number of imidazole rings is 1. The van der Waals surface area contributed by atoms with Crippen molar-refractivity contribution in [2.45, 2.75) is 13.5 Å². The minimum Gasteiger partial charge on any atom is -0.494 e. The van der Waals surface area contributed by atoms with Gasteiger partial charge in [-0.15, -0.1) is 0 Å². The lowest BCUT2D eigenvalue weighted by molar-refractivity contribution is 0.387. The van der Waals surface area contributed by atoms with E-state index in [0.717, 1.165) is 16.6 Å². The Hall–Kier alpha value is -2.21. The Morgan fingerprint density at radius 2 is 2.24 bits per heavy atom. The van der Waals surface area contributed by atoms with Crippen molar-refractivity contribution >= 4 is 23.3 Å². The maximum absolute atomic E-state index is 13.8. The molecule has 6 heteroatoms. The van der Waals surface area contributed by atoms with E-state index in [4.69, 9.17) is 17.0 Å². The highest BCUT2D eigenvalue weighted by molar-refractivity contribution is 7.71. The van der Waals surface area contributed by atoms with Crippen molar-refractivity contribution in [1.29, 1.82) is 0 Å². The van der Waals surface area contributed by atoms with Crippen LogP contribution in [0.4, 0.5) is 4.39 Å². The number of nitrogens with one attached hydrogen (secondary N) is 1. The molecule has 0 bridgehead atoms. The third kappa shape index (κ3) is 2.42. The minimum absolute atomic E-state index is 0.205. The SMILES string of the molecule is COc1cc2c(cc1F)[nH]c(=S)n2Cc1ccncc1C. The summed E-state index contributed by atoms with van der Waals surface area (Å²) < 4.78 is 21.3. The van der Waals surface area contributed by atoms with E-state index in [-0.39, 0.29) is 5.75 Å². The van der Waals surface area contributed by atoms with Crippen molar-refractivity contribution in [1.82, 2.24) is 14.5 Å². The predicted molar refractivity (Wildman–Crippen MR) is 81.7 cm³/mol. The first kappa shape index (κ1) is 13.8. The molecule has 1 aromatic carbocycles. The molecule has 2 heterocycles. The molecule has 0 aliphatic carbocycles. The molecule has 0 saturated heterocycles. The number of hydrogen-bond donors (Lipinski definition) is 1. The summed E-state index contributed by atoms with van der Waals surface area (Å²) in [6.07, 6.45) is 3.56. The van der Waals surface area contributed by atoms with Gasteiger partial charge in [-0.1, -0.05) is 0 Å². The average molecular weight is 303 g/mol. The summed E-state index contributed by atoms with van der Waals surface area (Å²) in [5.41, 5.74) is 3.67. The predicted octanol–water partition coefficient (Wildman–Crippen LogP) is 3.60. The third-order valence-corrected chi connectivity index (χ3v) is 3.84. The lowest BCUT2D eigenvalue weighted by atomic mass is 10.1. The lowest BCUT2D eigenvalue weighted by Crippen LogP contribution is -2.02. The second kappa shape index (κ2) is 5.29. The van der Waals surface area contributed by atoms with Crippen LogP contribution in [-0.2, 0) is 6.54 Å². The van der Waals surface area contributed by atoms with E-state index in [1.165, 1.54) is 13.2 Å². The Morgan fingerprint density at radius 1 is 1.43 bits per heavy atom. The van der Waals surface area contributed by atoms with Gasteiger partial charge in [0, 0.05) is 24.5 Å². The molecule has 2 aromatic heterocycles. The van der Waals surface area contributed by atoms with Crippen molar-refractivity contribution in [2.24, 2.45) is 0 Å². The fourth-order valence-electron chi connectivity index (χ4n) is 2.32. The van der Waals surface area contributed by atoms with Crippen LogP contribution in [-0.4, -0.2) is 21.6 Å². The van der Waals surface area contributed by atoms with E-state index in [9.17, 15) is 4.39 Å². The summed E-state index contributed by atoms with van der Waals surface area (Å²) in [7, 11) is 1.45. The van der Waals surface area contributed by atoms with Gasteiger partial charge >= 0.3 is 0 Å². The van der Waals surface area contributed by atoms with Gasteiger partial charge in [0.25, 0.3) is 0 Å². The minimum atomic E-state index is -0.409. The molecule has 0 unspecified atom stereocenters. The molecular formula is C15H14FN3OS. The van der Waals surface area contributed by atoms with Gasteiger partial charge in [0.2, 0.25) is 0 Å². The van der Waals surface area contributed by atoms with Gasteiger partial charge in [0.15, 0.2) is 16.3 Å². The molecule has 1 N–H and O–H groups in total. The monoisotopic (exact) mass is 303 g/mol. The molecule has 0 radical (unpaired) electrons. The fraction of sp³-hybridized carbons (Fsp3) is 0.200. The first-order valence-corrected chi connectivity index (χ1v) is 6.86. The summed E-state index contributed by atoms with van der Waals surface area (Å²) >= 11 is 5.35. The number of rotatable bonds is 3. The van der Waals surface area contributed by atoms with Gasteiger partial charge in [-0.2, -0.15) is 0 Å². The van der Waals surface area contributed by atoms with Gasteiger partial charge in [-0.05, 0) is 36.3 Å². The Morgan fingerprint density at radius 3 is 2.95 bits per heavy atom. The number of aryl methyl sites for hydroxylation is 1. The van der Waals surface area contributed by atoms with Crippen molar-refractivity contribution in [3.63, 3.8) is 0 Å². The maximum atomic E-state index is 13.8. The van der Waals surface area contributed by atoms with E-state index < -0.39 is 5.82 Å². The fourth-order valence-corrected chi connectivity index (χ4v) is 2.59. The number of aromatic amines is 1. The number of nitrogens with zero attached hydrogens (tertiary/aromatic N) is 2. The number of aromatic nitrogens is 3. The number of pyridine rings is 1. The third-order valence-electron chi connectivity index (χ3n) is 3.51. The molecule has 0 spiro atoms. The second-order valence-corrected chi connectivity index (χ2v) is 5.21. The molecule has 0 aliphatic rings. The molecule has 108 valence electrons. The van der Waals surface area contributed by atoms with Crippen LogP contribution in [0.25, 0.3) is 11.0 Å². The molecule has 4 nitrogen and oxygen atoms in total. The first-order chi connectivity index (χ1) is 10.1. The Labute approximate surface area is 126 Å². The van der Waals surface area contributed by atoms with Crippen molar-refractivity contribution in [2.75, 3.05) is 7.11 Å². The van der Waals surface area contributed by atoms with E-state index in [2.05, 4.69) is 9.97 Å².